The Morgan fingerprint density at radius 2 is 2.06 bits per heavy atom. The van der Waals surface area contributed by atoms with Crippen LogP contribution in [0.15, 0.2) is 47.1 Å². The maximum absolute atomic E-state index is 11.9. The molecule has 4 heteroatoms. The van der Waals surface area contributed by atoms with Crippen molar-refractivity contribution < 1.29 is 4.79 Å². The average molecular weight is 305 g/mol. The first-order valence-corrected chi connectivity index (χ1v) is 6.41. The van der Waals surface area contributed by atoms with Crippen molar-refractivity contribution in [2.24, 2.45) is 0 Å². The van der Waals surface area contributed by atoms with Gasteiger partial charge in [0.05, 0.1) is 10.9 Å². The predicted octanol–water partition coefficient (Wildman–Crippen LogP) is 3.33. The molecule has 1 heterocycles. The van der Waals surface area contributed by atoms with Crippen LogP contribution in [0.4, 0.5) is 5.82 Å². The lowest BCUT2D eigenvalue weighted by Crippen LogP contribution is -2.16. The summed E-state index contributed by atoms with van der Waals surface area (Å²) in [5.74, 6) is 0.486. The SMILES string of the molecule is Cc1ccccc1CC(=O)Nc1ncccc1Br. The monoisotopic (exact) mass is 304 g/mol. The molecule has 0 unspecified atom stereocenters. The van der Waals surface area contributed by atoms with E-state index in [2.05, 4.69) is 26.2 Å². The van der Waals surface area contributed by atoms with Gasteiger partial charge in [-0.2, -0.15) is 0 Å². The van der Waals surface area contributed by atoms with Gasteiger partial charge < -0.3 is 5.32 Å². The third kappa shape index (κ3) is 3.17. The standard InChI is InChI=1S/C14H13BrN2O/c1-10-5-2-3-6-11(10)9-13(18)17-14-12(15)7-4-8-16-14/h2-8H,9H2,1H3,(H,16,17,18). The molecule has 92 valence electrons. The molecule has 0 aliphatic rings. The van der Waals surface area contributed by atoms with Crippen LogP contribution in [0.3, 0.4) is 0 Å². The van der Waals surface area contributed by atoms with Crippen molar-refractivity contribution in [2.75, 3.05) is 5.32 Å². The van der Waals surface area contributed by atoms with E-state index in [1.807, 2.05) is 37.3 Å². The van der Waals surface area contributed by atoms with E-state index in [0.29, 0.717) is 12.2 Å². The number of rotatable bonds is 3. The lowest BCUT2D eigenvalue weighted by molar-refractivity contribution is -0.115. The Labute approximate surface area is 114 Å². The fourth-order valence-electron chi connectivity index (χ4n) is 1.64. The van der Waals surface area contributed by atoms with Crippen LogP contribution >= 0.6 is 15.9 Å². The normalized spacial score (nSPS) is 10.1. The Hall–Kier alpha value is -1.68. The van der Waals surface area contributed by atoms with Gasteiger partial charge >= 0.3 is 0 Å². The molecule has 0 fully saturated rings. The topological polar surface area (TPSA) is 42.0 Å². The summed E-state index contributed by atoms with van der Waals surface area (Å²) in [7, 11) is 0. The Bertz CT molecular complexity index is 520. The average Bonchev–Trinajstić information content (AvgIpc) is 2.35. The van der Waals surface area contributed by atoms with Crippen LogP contribution in [0, 0.1) is 6.92 Å². The maximum Gasteiger partial charge on any atom is 0.229 e. The van der Waals surface area contributed by atoms with Crippen LogP contribution in [-0.2, 0) is 11.2 Å². The highest BCUT2D eigenvalue weighted by molar-refractivity contribution is 9.10. The number of hydrogen-bond donors (Lipinski definition) is 1. The molecule has 0 saturated carbocycles. The van der Waals surface area contributed by atoms with Gasteiger partial charge in [0, 0.05) is 6.20 Å². The third-order valence-corrected chi connectivity index (χ3v) is 3.27. The van der Waals surface area contributed by atoms with Gasteiger partial charge in [0.15, 0.2) is 0 Å². The summed E-state index contributed by atoms with van der Waals surface area (Å²) in [4.78, 5) is 16.0. The predicted molar refractivity (Wildman–Crippen MR) is 75.4 cm³/mol. The minimum Gasteiger partial charge on any atom is -0.309 e. The summed E-state index contributed by atoms with van der Waals surface area (Å²) >= 11 is 3.35. The minimum atomic E-state index is -0.0660. The van der Waals surface area contributed by atoms with Crippen LogP contribution in [0.2, 0.25) is 0 Å². The van der Waals surface area contributed by atoms with Crippen molar-refractivity contribution >= 4 is 27.7 Å². The molecule has 0 atom stereocenters. The van der Waals surface area contributed by atoms with Crippen LogP contribution in [0.1, 0.15) is 11.1 Å². The Morgan fingerprint density at radius 1 is 1.28 bits per heavy atom. The number of carbonyl (C=O) groups is 1. The van der Waals surface area contributed by atoms with Gasteiger partial charge in [-0.15, -0.1) is 0 Å². The Balaban J connectivity index is 2.06. The maximum atomic E-state index is 11.9. The molecule has 1 aromatic heterocycles. The third-order valence-electron chi connectivity index (χ3n) is 2.63. The number of nitrogens with zero attached hydrogens (tertiary/aromatic N) is 1. The number of halogens is 1. The van der Waals surface area contributed by atoms with Gasteiger partial charge in [-0.1, -0.05) is 24.3 Å². The number of anilines is 1. The van der Waals surface area contributed by atoms with E-state index in [9.17, 15) is 4.79 Å². The molecule has 18 heavy (non-hydrogen) atoms. The van der Waals surface area contributed by atoms with Crippen LogP contribution in [0.5, 0.6) is 0 Å². The smallest absolute Gasteiger partial charge is 0.229 e. The molecular weight excluding hydrogens is 292 g/mol. The second-order valence-corrected chi connectivity index (χ2v) is 4.84. The first-order chi connectivity index (χ1) is 8.66. The summed E-state index contributed by atoms with van der Waals surface area (Å²) in [6.07, 6.45) is 2.00. The highest BCUT2D eigenvalue weighted by atomic mass is 79.9. The van der Waals surface area contributed by atoms with Gasteiger partial charge in [-0.05, 0) is 46.1 Å². The highest BCUT2D eigenvalue weighted by Gasteiger charge is 2.08. The number of benzene rings is 1. The number of pyridine rings is 1. The zero-order chi connectivity index (χ0) is 13.0. The van der Waals surface area contributed by atoms with E-state index >= 15 is 0 Å². The lowest BCUT2D eigenvalue weighted by atomic mass is 10.1. The second-order valence-electron chi connectivity index (χ2n) is 3.99. The molecule has 2 aromatic rings. The zero-order valence-corrected chi connectivity index (χ0v) is 11.6. The lowest BCUT2D eigenvalue weighted by Gasteiger charge is -2.07. The quantitative estimate of drug-likeness (QED) is 0.945. The fourth-order valence-corrected chi connectivity index (χ4v) is 1.99. The number of carbonyl (C=O) groups excluding carboxylic acids is 1. The van der Waals surface area contributed by atoms with Crippen molar-refractivity contribution in [3.05, 3.63) is 58.2 Å². The van der Waals surface area contributed by atoms with E-state index in [0.717, 1.165) is 15.6 Å². The largest absolute Gasteiger partial charge is 0.309 e. The van der Waals surface area contributed by atoms with Gasteiger partial charge in [0.1, 0.15) is 5.82 Å². The molecule has 0 bridgehead atoms. The van der Waals surface area contributed by atoms with Crippen molar-refractivity contribution in [3.8, 4) is 0 Å². The van der Waals surface area contributed by atoms with Crippen molar-refractivity contribution in [1.29, 1.82) is 0 Å². The molecule has 1 N–H and O–H groups in total. The van der Waals surface area contributed by atoms with Gasteiger partial charge in [-0.3, -0.25) is 4.79 Å². The van der Waals surface area contributed by atoms with Gasteiger partial charge in [0.2, 0.25) is 5.91 Å². The van der Waals surface area contributed by atoms with Gasteiger partial charge in [0.25, 0.3) is 0 Å². The number of nitrogens with one attached hydrogen (secondary N) is 1. The molecule has 3 nitrogen and oxygen atoms in total. The summed E-state index contributed by atoms with van der Waals surface area (Å²) in [5, 5.41) is 2.79. The van der Waals surface area contributed by atoms with Crippen LogP contribution in [0.25, 0.3) is 0 Å². The molecule has 0 aliphatic carbocycles. The molecule has 0 saturated heterocycles. The molecule has 1 amide bonds. The number of amides is 1. The summed E-state index contributed by atoms with van der Waals surface area (Å²) < 4.78 is 0.781. The molecule has 0 aliphatic heterocycles. The van der Waals surface area contributed by atoms with E-state index in [4.69, 9.17) is 0 Å². The van der Waals surface area contributed by atoms with Crippen LogP contribution < -0.4 is 5.32 Å². The van der Waals surface area contributed by atoms with Crippen LogP contribution in [-0.4, -0.2) is 10.9 Å². The molecular formula is C14H13BrN2O. The van der Waals surface area contributed by atoms with Crippen molar-refractivity contribution in [1.82, 2.24) is 4.98 Å². The number of hydrogen-bond acceptors (Lipinski definition) is 2. The van der Waals surface area contributed by atoms with Gasteiger partial charge in [-0.25, -0.2) is 4.98 Å². The first-order valence-electron chi connectivity index (χ1n) is 5.61. The molecule has 1 aromatic carbocycles. The first kappa shape index (κ1) is 12.8. The molecule has 0 spiro atoms. The van der Waals surface area contributed by atoms with Crippen molar-refractivity contribution in [2.45, 2.75) is 13.3 Å². The summed E-state index contributed by atoms with van der Waals surface area (Å²) in [6, 6.07) is 11.5. The van der Waals surface area contributed by atoms with E-state index in [-0.39, 0.29) is 5.91 Å². The Kier molecular flexibility index (Phi) is 4.10. The minimum absolute atomic E-state index is 0.0660. The molecule has 0 radical (unpaired) electrons. The van der Waals surface area contributed by atoms with Crippen molar-refractivity contribution in [3.63, 3.8) is 0 Å². The summed E-state index contributed by atoms with van der Waals surface area (Å²) in [6.45, 7) is 2.00. The zero-order valence-electron chi connectivity index (χ0n) is 9.98. The van der Waals surface area contributed by atoms with E-state index in [1.165, 1.54) is 0 Å². The molecule has 2 rings (SSSR count). The Morgan fingerprint density at radius 3 is 2.78 bits per heavy atom. The van der Waals surface area contributed by atoms with E-state index in [1.54, 1.807) is 12.3 Å². The van der Waals surface area contributed by atoms with E-state index < -0.39 is 0 Å². The number of aromatic nitrogens is 1. The number of aryl methyl sites for hydroxylation is 1. The fraction of sp³-hybridized carbons (Fsp3) is 0.143. The second kappa shape index (κ2) is 5.78. The summed E-state index contributed by atoms with van der Waals surface area (Å²) in [5.41, 5.74) is 2.15. The highest BCUT2D eigenvalue weighted by Crippen LogP contribution is 2.18.